The van der Waals surface area contributed by atoms with Crippen molar-refractivity contribution >= 4 is 62.9 Å². The summed E-state index contributed by atoms with van der Waals surface area (Å²) in [6.45, 7) is 1.02. The molecule has 1 aliphatic heterocycles. The fourth-order valence-corrected chi connectivity index (χ4v) is 5.03. The van der Waals surface area contributed by atoms with Crippen LogP contribution in [-0.4, -0.2) is 48.5 Å². The lowest BCUT2D eigenvalue weighted by Gasteiger charge is -2.27. The van der Waals surface area contributed by atoms with E-state index in [1.54, 1.807) is 41.3 Å². The smallest absolute Gasteiger partial charge is 0.262 e. The number of morpholine rings is 1. The van der Waals surface area contributed by atoms with Crippen LogP contribution < -0.4 is 15.5 Å². The zero-order valence-corrected chi connectivity index (χ0v) is 20.7. The van der Waals surface area contributed by atoms with Crippen molar-refractivity contribution in [3.63, 3.8) is 0 Å². The summed E-state index contributed by atoms with van der Waals surface area (Å²) < 4.78 is 5.67. The molecular weight excluding hydrogens is 500 g/mol. The number of rotatable bonds is 7. The van der Waals surface area contributed by atoms with Crippen LogP contribution in [0.1, 0.15) is 15.4 Å². The van der Waals surface area contributed by atoms with E-state index in [1.807, 2.05) is 30.3 Å². The number of H-pyrrole nitrogens is 1. The largest absolute Gasteiger partial charge is 0.370 e. The van der Waals surface area contributed by atoms with Gasteiger partial charge in [0.1, 0.15) is 12.6 Å². The van der Waals surface area contributed by atoms with Crippen molar-refractivity contribution in [1.29, 1.82) is 0 Å². The van der Waals surface area contributed by atoms with Crippen LogP contribution in [-0.2, 0) is 20.7 Å². The highest BCUT2D eigenvalue weighted by molar-refractivity contribution is 7.18. The Morgan fingerprint density at radius 3 is 2.64 bits per heavy atom. The molecule has 1 atom stereocenters. The number of amides is 3. The Morgan fingerprint density at radius 1 is 1.11 bits per heavy atom. The van der Waals surface area contributed by atoms with Crippen molar-refractivity contribution in [2.24, 2.45) is 0 Å². The molecule has 1 fully saturated rings. The van der Waals surface area contributed by atoms with Crippen molar-refractivity contribution in [2.75, 3.05) is 30.0 Å². The zero-order valence-electron chi connectivity index (χ0n) is 19.1. The Balaban J connectivity index is 1.33. The predicted octanol–water partition coefficient (Wildman–Crippen LogP) is 4.23. The molecule has 0 aliphatic carbocycles. The van der Waals surface area contributed by atoms with E-state index in [-0.39, 0.29) is 30.7 Å². The van der Waals surface area contributed by atoms with E-state index in [0.717, 1.165) is 33.6 Å². The van der Waals surface area contributed by atoms with Crippen molar-refractivity contribution in [3.05, 3.63) is 81.6 Å². The van der Waals surface area contributed by atoms with Crippen molar-refractivity contribution < 1.29 is 19.1 Å². The maximum Gasteiger partial charge on any atom is 0.262 e. The average Bonchev–Trinajstić information content (AvgIpc) is 3.50. The average molecular weight is 523 g/mol. The van der Waals surface area contributed by atoms with Crippen molar-refractivity contribution in [1.82, 2.24) is 10.3 Å². The number of benzene rings is 2. The standard InChI is InChI=1S/C26H23ClN4O4S/c27-23-10-9-22(36-23)26(34)30-21(14-18-13-16-3-1-2-4-20(16)28-18)25(33)29-17-5-7-19(8-6-17)31-11-12-35-15-24(31)32/h1-10,13,21,28H,11-12,14-15H2,(H,29,33)(H,30,34). The normalized spacial score (nSPS) is 14.6. The van der Waals surface area contributed by atoms with Crippen molar-refractivity contribution in [3.8, 4) is 0 Å². The monoisotopic (exact) mass is 522 g/mol. The number of carbonyl (C=O) groups is 3. The van der Waals surface area contributed by atoms with E-state index in [4.69, 9.17) is 16.3 Å². The summed E-state index contributed by atoms with van der Waals surface area (Å²) in [5.41, 5.74) is 3.07. The van der Waals surface area contributed by atoms with Gasteiger partial charge in [-0.2, -0.15) is 0 Å². The van der Waals surface area contributed by atoms with Gasteiger partial charge in [-0.1, -0.05) is 29.8 Å². The number of anilines is 2. The van der Waals surface area contributed by atoms with E-state index < -0.39 is 6.04 Å². The summed E-state index contributed by atoms with van der Waals surface area (Å²) in [7, 11) is 0. The molecule has 2 aromatic heterocycles. The maximum absolute atomic E-state index is 13.3. The highest BCUT2D eigenvalue weighted by Crippen LogP contribution is 2.23. The van der Waals surface area contributed by atoms with Crippen LogP contribution in [0.25, 0.3) is 10.9 Å². The summed E-state index contributed by atoms with van der Waals surface area (Å²) in [6, 6.07) is 19.2. The van der Waals surface area contributed by atoms with Crippen LogP contribution in [0.5, 0.6) is 0 Å². The molecule has 184 valence electrons. The number of aromatic amines is 1. The quantitative estimate of drug-likeness (QED) is 0.338. The minimum atomic E-state index is -0.841. The first kappa shape index (κ1) is 24.1. The predicted molar refractivity (Wildman–Crippen MR) is 141 cm³/mol. The van der Waals surface area contributed by atoms with Gasteiger partial charge in [0.25, 0.3) is 11.8 Å². The number of fused-ring (bicyclic) bond motifs is 1. The van der Waals surface area contributed by atoms with Gasteiger partial charge in [0, 0.05) is 35.6 Å². The Bertz CT molecular complexity index is 1380. The lowest BCUT2D eigenvalue weighted by molar-refractivity contribution is -0.125. The second-order valence-corrected chi connectivity index (χ2v) is 10.1. The van der Waals surface area contributed by atoms with Crippen LogP contribution in [0.4, 0.5) is 11.4 Å². The van der Waals surface area contributed by atoms with Gasteiger partial charge in [-0.25, -0.2) is 0 Å². The SMILES string of the molecule is O=C(NC(Cc1cc2ccccc2[nH]1)C(=O)Nc1ccc(N2CCOCC2=O)cc1)c1ccc(Cl)s1. The van der Waals surface area contributed by atoms with Gasteiger partial charge in [-0.15, -0.1) is 11.3 Å². The highest BCUT2D eigenvalue weighted by Gasteiger charge is 2.24. The minimum Gasteiger partial charge on any atom is -0.370 e. The van der Waals surface area contributed by atoms with Gasteiger partial charge < -0.3 is 25.3 Å². The van der Waals surface area contributed by atoms with Gasteiger partial charge in [0.05, 0.1) is 15.8 Å². The summed E-state index contributed by atoms with van der Waals surface area (Å²) in [5, 5.41) is 6.75. The third-order valence-corrected chi connectivity index (χ3v) is 7.09. The van der Waals surface area contributed by atoms with Gasteiger partial charge in [0.15, 0.2) is 0 Å². The Morgan fingerprint density at radius 2 is 1.92 bits per heavy atom. The number of hydrogen-bond donors (Lipinski definition) is 3. The maximum atomic E-state index is 13.3. The number of carbonyl (C=O) groups excluding carboxylic acids is 3. The zero-order chi connectivity index (χ0) is 25.1. The number of halogens is 1. The van der Waals surface area contributed by atoms with Gasteiger partial charge in [-0.3, -0.25) is 14.4 Å². The van der Waals surface area contributed by atoms with E-state index >= 15 is 0 Å². The third kappa shape index (κ3) is 5.43. The van der Waals surface area contributed by atoms with Crippen LogP contribution in [0.2, 0.25) is 4.34 Å². The van der Waals surface area contributed by atoms with Crippen LogP contribution in [0.15, 0.2) is 66.7 Å². The molecule has 0 spiro atoms. The molecule has 4 aromatic rings. The molecule has 0 bridgehead atoms. The molecule has 10 heteroatoms. The molecule has 1 saturated heterocycles. The molecule has 36 heavy (non-hydrogen) atoms. The first-order chi connectivity index (χ1) is 17.5. The second-order valence-electron chi connectivity index (χ2n) is 8.35. The Kier molecular flexibility index (Phi) is 7.04. The molecule has 1 aliphatic rings. The summed E-state index contributed by atoms with van der Waals surface area (Å²) in [5.74, 6) is -0.836. The van der Waals surface area contributed by atoms with Crippen LogP contribution in [0, 0.1) is 0 Å². The van der Waals surface area contributed by atoms with Crippen molar-refractivity contribution in [2.45, 2.75) is 12.5 Å². The number of nitrogens with zero attached hydrogens (tertiary/aromatic N) is 1. The molecule has 1 unspecified atom stereocenters. The summed E-state index contributed by atoms with van der Waals surface area (Å²) in [6.07, 6.45) is 0.270. The first-order valence-electron chi connectivity index (χ1n) is 11.4. The molecule has 3 heterocycles. The second kappa shape index (κ2) is 10.5. The molecule has 3 amide bonds. The Labute approximate surface area is 216 Å². The number of thiophene rings is 1. The molecule has 3 N–H and O–H groups in total. The number of ether oxygens (including phenoxy) is 1. The van der Waals surface area contributed by atoms with Gasteiger partial charge in [-0.05, 0) is 53.9 Å². The van der Waals surface area contributed by atoms with E-state index in [2.05, 4.69) is 15.6 Å². The number of para-hydroxylation sites is 1. The molecule has 2 aromatic carbocycles. The topological polar surface area (TPSA) is 104 Å². The summed E-state index contributed by atoms with van der Waals surface area (Å²) in [4.78, 5) is 43.6. The number of aromatic nitrogens is 1. The lowest BCUT2D eigenvalue weighted by atomic mass is 10.1. The van der Waals surface area contributed by atoms with E-state index in [9.17, 15) is 14.4 Å². The molecule has 8 nitrogen and oxygen atoms in total. The van der Waals surface area contributed by atoms with Gasteiger partial charge in [0.2, 0.25) is 5.91 Å². The first-order valence-corrected chi connectivity index (χ1v) is 12.6. The number of nitrogens with one attached hydrogen (secondary N) is 3. The molecular formula is C26H23ClN4O4S. The summed E-state index contributed by atoms with van der Waals surface area (Å²) >= 11 is 7.14. The molecule has 5 rings (SSSR count). The molecule has 0 saturated carbocycles. The van der Waals surface area contributed by atoms with E-state index in [1.165, 1.54) is 0 Å². The fourth-order valence-electron chi connectivity index (χ4n) is 4.08. The third-order valence-electron chi connectivity index (χ3n) is 5.86. The Hall–Kier alpha value is -3.66. The van der Waals surface area contributed by atoms with E-state index in [0.29, 0.717) is 28.1 Å². The molecule has 0 radical (unpaired) electrons. The van der Waals surface area contributed by atoms with Gasteiger partial charge >= 0.3 is 0 Å². The minimum absolute atomic E-state index is 0.0586. The number of hydrogen-bond acceptors (Lipinski definition) is 5. The van der Waals surface area contributed by atoms with Crippen LogP contribution in [0.3, 0.4) is 0 Å². The van der Waals surface area contributed by atoms with Crippen LogP contribution >= 0.6 is 22.9 Å². The highest BCUT2D eigenvalue weighted by atomic mass is 35.5. The lowest BCUT2D eigenvalue weighted by Crippen LogP contribution is -2.45. The fraction of sp³-hybridized carbons (Fsp3) is 0.192.